The summed E-state index contributed by atoms with van der Waals surface area (Å²) >= 11 is 2.86. The highest BCUT2D eigenvalue weighted by Crippen LogP contribution is 2.45. The van der Waals surface area contributed by atoms with Gasteiger partial charge < -0.3 is 10.6 Å². The Morgan fingerprint density at radius 3 is 2.38 bits per heavy atom. The number of rotatable bonds is 9. The number of carbonyl (C=O) groups is 3. The van der Waals surface area contributed by atoms with Crippen LogP contribution in [0, 0.1) is 23.3 Å². The maximum absolute atomic E-state index is 14.3. The molecule has 0 unspecified atom stereocenters. The summed E-state index contributed by atoms with van der Waals surface area (Å²) < 4.78 is 59.7. The number of thioether (sulfide) groups is 1. The minimum Gasteiger partial charge on any atom is -0.364 e. The van der Waals surface area contributed by atoms with Gasteiger partial charge >= 0.3 is 0 Å². The third-order valence-electron chi connectivity index (χ3n) is 6.52. The molecular formula is C30H21F4N8O3S2+. The normalized spacial score (nSPS) is 13.4. The van der Waals surface area contributed by atoms with Gasteiger partial charge in [-0.25, -0.2) is 17.6 Å². The molecule has 11 nitrogen and oxygen atoms in total. The number of fused-ring (bicyclic) bond motifs is 2. The van der Waals surface area contributed by atoms with Crippen LogP contribution in [0.25, 0.3) is 26.7 Å². The lowest BCUT2D eigenvalue weighted by Gasteiger charge is -2.20. The lowest BCUT2D eigenvalue weighted by molar-refractivity contribution is -0.655. The first-order valence-electron chi connectivity index (χ1n) is 13.4. The van der Waals surface area contributed by atoms with Gasteiger partial charge in [0.2, 0.25) is 12.1 Å². The van der Waals surface area contributed by atoms with E-state index in [4.69, 9.17) is 11.3 Å². The van der Waals surface area contributed by atoms with Crippen molar-refractivity contribution in [3.8, 4) is 0 Å². The van der Waals surface area contributed by atoms with E-state index in [0.717, 1.165) is 20.1 Å². The van der Waals surface area contributed by atoms with Crippen molar-refractivity contribution in [2.75, 3.05) is 11.4 Å². The minimum atomic E-state index is -2.11. The van der Waals surface area contributed by atoms with E-state index in [1.165, 1.54) is 23.1 Å². The Bertz CT molecular complexity index is 2050. The molecule has 0 atom stereocenters. The van der Waals surface area contributed by atoms with Crippen LogP contribution >= 0.6 is 23.1 Å². The molecule has 17 heteroatoms. The maximum Gasteiger partial charge on any atom is 0.283 e. The van der Waals surface area contributed by atoms with Crippen LogP contribution in [-0.2, 0) is 16.1 Å². The number of anilines is 1. The molecule has 4 aromatic rings. The van der Waals surface area contributed by atoms with Crippen molar-refractivity contribution < 1.29 is 36.5 Å². The van der Waals surface area contributed by atoms with Crippen LogP contribution in [0.2, 0.25) is 0 Å². The van der Waals surface area contributed by atoms with Crippen molar-refractivity contribution in [3.63, 3.8) is 0 Å². The van der Waals surface area contributed by atoms with Gasteiger partial charge in [0.1, 0.15) is 22.5 Å². The second-order valence-corrected chi connectivity index (χ2v) is 11.7. The molecule has 3 aromatic carbocycles. The summed E-state index contributed by atoms with van der Waals surface area (Å²) in [5.41, 5.74) is 15.8. The molecule has 0 fully saturated rings. The number of carbonyl (C=O) groups excluding carboxylic acids is 3. The molecule has 0 saturated carbocycles. The van der Waals surface area contributed by atoms with Crippen LogP contribution in [0.5, 0.6) is 0 Å². The molecule has 5 rings (SSSR count). The summed E-state index contributed by atoms with van der Waals surface area (Å²) in [5, 5.41) is 3.99. The molecule has 1 aliphatic heterocycles. The van der Waals surface area contributed by atoms with Gasteiger partial charge in [-0.3, -0.25) is 25.2 Å². The van der Waals surface area contributed by atoms with Crippen molar-refractivity contribution in [2.45, 2.75) is 11.4 Å². The van der Waals surface area contributed by atoms with E-state index in [-0.39, 0.29) is 13.1 Å². The predicted molar refractivity (Wildman–Crippen MR) is 168 cm³/mol. The highest BCUT2D eigenvalue weighted by atomic mass is 32.2. The number of hydrogen-bond donors (Lipinski definition) is 3. The maximum atomic E-state index is 14.3. The van der Waals surface area contributed by atoms with Gasteiger partial charge in [-0.05, 0) is 29.8 Å². The smallest absolute Gasteiger partial charge is 0.283 e. The van der Waals surface area contributed by atoms with Crippen LogP contribution in [0.15, 0.2) is 87.9 Å². The van der Waals surface area contributed by atoms with Crippen LogP contribution in [0.4, 0.5) is 28.9 Å². The zero-order valence-corrected chi connectivity index (χ0v) is 25.4. The summed E-state index contributed by atoms with van der Waals surface area (Å²) in [4.78, 5) is 41.4. The SMILES string of the molecule is [N-]=[N+]=Nc1c(F)c(F)c(C(=O)NNC(=O)CN2/C(=C/C=C/C=C/c3sc4ccccc4[n+]3CC(N)=O)Sc3ccccc32)c(F)c1F. The van der Waals surface area contributed by atoms with E-state index in [1.54, 1.807) is 46.8 Å². The lowest BCUT2D eigenvalue weighted by Crippen LogP contribution is -2.46. The fourth-order valence-electron chi connectivity index (χ4n) is 4.50. The number of thiazole rings is 1. The molecule has 238 valence electrons. The zero-order valence-electron chi connectivity index (χ0n) is 23.8. The Balaban J connectivity index is 1.29. The molecule has 1 aromatic heterocycles. The Hall–Kier alpha value is -5.64. The first-order chi connectivity index (χ1) is 22.6. The Kier molecular flexibility index (Phi) is 9.89. The van der Waals surface area contributed by atoms with E-state index in [9.17, 15) is 31.9 Å². The summed E-state index contributed by atoms with van der Waals surface area (Å²) in [6.07, 6.45) is 8.84. The summed E-state index contributed by atoms with van der Waals surface area (Å²) in [7, 11) is 0. The zero-order chi connectivity index (χ0) is 33.7. The second kappa shape index (κ2) is 14.2. The third kappa shape index (κ3) is 6.96. The number of hydrazine groups is 1. The van der Waals surface area contributed by atoms with Gasteiger partial charge in [0.25, 0.3) is 22.7 Å². The molecular weight excluding hydrogens is 661 g/mol. The summed E-state index contributed by atoms with van der Waals surface area (Å²) in [5.74, 6) is -11.4. The Morgan fingerprint density at radius 2 is 1.66 bits per heavy atom. The molecule has 0 bridgehead atoms. The van der Waals surface area contributed by atoms with E-state index >= 15 is 0 Å². The van der Waals surface area contributed by atoms with Crippen LogP contribution in [0.1, 0.15) is 15.4 Å². The van der Waals surface area contributed by atoms with E-state index in [0.29, 0.717) is 10.7 Å². The largest absolute Gasteiger partial charge is 0.364 e. The number of amides is 3. The first-order valence-corrected chi connectivity index (χ1v) is 15.0. The number of primary amides is 1. The number of para-hydroxylation sites is 2. The third-order valence-corrected chi connectivity index (χ3v) is 8.78. The number of allylic oxidation sites excluding steroid dienone is 4. The molecule has 1 aliphatic rings. The summed E-state index contributed by atoms with van der Waals surface area (Å²) in [6.45, 7) is -0.344. The highest BCUT2D eigenvalue weighted by Gasteiger charge is 2.30. The molecule has 0 radical (unpaired) electrons. The number of nitrogens with one attached hydrogen (secondary N) is 2. The number of hydrogen-bond acceptors (Lipinski definition) is 7. The van der Waals surface area contributed by atoms with Crippen molar-refractivity contribution in [1.82, 2.24) is 10.9 Å². The summed E-state index contributed by atoms with van der Waals surface area (Å²) in [6, 6.07) is 14.8. The molecule has 4 N–H and O–H groups in total. The Labute approximate surface area is 271 Å². The fourth-order valence-corrected chi connectivity index (χ4v) is 6.65. The molecule has 3 amide bonds. The number of nitrogens with two attached hydrogens (primary N) is 1. The fraction of sp³-hybridized carbons (Fsp3) is 0.0667. The average Bonchev–Trinajstić information content (AvgIpc) is 3.58. The van der Waals surface area contributed by atoms with Crippen molar-refractivity contribution in [2.24, 2.45) is 10.8 Å². The van der Waals surface area contributed by atoms with Crippen molar-refractivity contribution in [3.05, 3.63) is 122 Å². The van der Waals surface area contributed by atoms with Crippen LogP contribution in [0.3, 0.4) is 0 Å². The van der Waals surface area contributed by atoms with E-state index in [2.05, 4.69) is 10.0 Å². The van der Waals surface area contributed by atoms with Gasteiger partial charge in [-0.2, -0.15) is 4.57 Å². The predicted octanol–water partition coefficient (Wildman–Crippen LogP) is 5.66. The minimum absolute atomic E-state index is 0.0190. The Morgan fingerprint density at radius 1 is 0.957 bits per heavy atom. The quantitative estimate of drug-likeness (QED) is 0.0304. The second-order valence-electron chi connectivity index (χ2n) is 9.54. The first kappa shape index (κ1) is 32.7. The number of nitrogens with zero attached hydrogens (tertiary/aromatic N) is 5. The van der Waals surface area contributed by atoms with Gasteiger partial charge in [0.15, 0.2) is 23.3 Å². The topological polar surface area (TPSA) is 157 Å². The molecule has 0 aliphatic carbocycles. The standard InChI is InChI=1S/C30H20F4N8O3S2/c31-25-24(26(32)28(34)29(27(25)33)38-40-36)30(45)39-37-21(44)15-42-17-9-5-7-11-19(17)47-23(42)13-3-1-2-12-22-41(14-20(35)43)16-8-4-6-10-18(16)46-22/h1-13H,14-15H2,(H3-,35,37,39,43,44,45)/p+1. The van der Waals surface area contributed by atoms with Gasteiger partial charge in [0, 0.05) is 21.9 Å². The van der Waals surface area contributed by atoms with E-state index < -0.39 is 52.2 Å². The monoisotopic (exact) mass is 681 g/mol. The molecule has 0 spiro atoms. The molecule has 47 heavy (non-hydrogen) atoms. The number of halogens is 4. The molecule has 0 saturated heterocycles. The number of aromatic nitrogens is 1. The number of azide groups is 1. The van der Waals surface area contributed by atoms with Gasteiger partial charge in [-0.1, -0.05) is 70.7 Å². The van der Waals surface area contributed by atoms with E-state index in [1.807, 2.05) is 52.5 Å². The van der Waals surface area contributed by atoms with Crippen molar-refractivity contribution >= 4 is 68.5 Å². The van der Waals surface area contributed by atoms with Gasteiger partial charge in [0.05, 0.1) is 10.7 Å². The molecule has 2 heterocycles. The number of benzene rings is 3. The van der Waals surface area contributed by atoms with Gasteiger partial charge in [-0.15, -0.1) is 0 Å². The van der Waals surface area contributed by atoms with Crippen molar-refractivity contribution in [1.29, 1.82) is 0 Å². The average molecular weight is 682 g/mol. The van der Waals surface area contributed by atoms with Crippen LogP contribution < -0.4 is 26.1 Å². The highest BCUT2D eigenvalue weighted by molar-refractivity contribution is 8.03. The van der Waals surface area contributed by atoms with Crippen LogP contribution in [-0.4, -0.2) is 24.3 Å². The lowest BCUT2D eigenvalue weighted by atomic mass is 10.1.